The molecule has 0 atom stereocenters. The van der Waals surface area contributed by atoms with Gasteiger partial charge >= 0.3 is 0 Å². The predicted molar refractivity (Wildman–Crippen MR) is 107 cm³/mol. The summed E-state index contributed by atoms with van der Waals surface area (Å²) in [4.78, 5) is 17.0. The third kappa shape index (κ3) is 3.94. The van der Waals surface area contributed by atoms with Gasteiger partial charge in [0, 0.05) is 10.9 Å². The molecule has 0 bridgehead atoms. The van der Waals surface area contributed by atoms with Crippen molar-refractivity contribution in [3.8, 4) is 17.0 Å². The number of methoxy groups -OCH3 is 1. The second-order valence-corrected chi connectivity index (χ2v) is 7.88. The molecule has 1 aromatic heterocycles. The number of amides is 1. The highest BCUT2D eigenvalue weighted by Crippen LogP contribution is 2.29. The van der Waals surface area contributed by atoms with Gasteiger partial charge in [-0.25, -0.2) is 4.98 Å². The van der Waals surface area contributed by atoms with E-state index in [0.29, 0.717) is 16.4 Å². The van der Waals surface area contributed by atoms with Crippen molar-refractivity contribution in [2.24, 2.45) is 0 Å². The average Bonchev–Trinajstić information content (AvgIpc) is 3.09. The average molecular weight is 366 g/mol. The molecule has 3 rings (SSSR count). The van der Waals surface area contributed by atoms with Gasteiger partial charge in [0.05, 0.1) is 18.4 Å². The minimum Gasteiger partial charge on any atom is -0.496 e. The van der Waals surface area contributed by atoms with Crippen molar-refractivity contribution in [2.75, 3.05) is 12.4 Å². The van der Waals surface area contributed by atoms with Gasteiger partial charge in [0.2, 0.25) is 0 Å². The van der Waals surface area contributed by atoms with Crippen LogP contribution in [0.15, 0.2) is 53.9 Å². The number of carbonyl (C=O) groups excluding carboxylic acids is 1. The number of aromatic nitrogens is 1. The summed E-state index contributed by atoms with van der Waals surface area (Å²) in [6.07, 6.45) is 0. The summed E-state index contributed by atoms with van der Waals surface area (Å²) in [7, 11) is 1.55. The number of hydrogen-bond acceptors (Lipinski definition) is 4. The molecule has 1 N–H and O–H groups in total. The molecule has 0 saturated carbocycles. The van der Waals surface area contributed by atoms with E-state index >= 15 is 0 Å². The maximum absolute atomic E-state index is 12.5. The Labute approximate surface area is 157 Å². The third-order valence-corrected chi connectivity index (χ3v) is 4.88. The maximum Gasteiger partial charge on any atom is 0.261 e. The van der Waals surface area contributed by atoms with Gasteiger partial charge in [0.25, 0.3) is 5.91 Å². The lowest BCUT2D eigenvalue weighted by molar-refractivity contribution is 0.102. The van der Waals surface area contributed by atoms with Crippen LogP contribution in [0.3, 0.4) is 0 Å². The first-order chi connectivity index (χ1) is 12.4. The Kier molecular flexibility index (Phi) is 5.09. The van der Waals surface area contributed by atoms with Gasteiger partial charge in [0.15, 0.2) is 5.13 Å². The van der Waals surface area contributed by atoms with Crippen molar-refractivity contribution >= 4 is 22.4 Å². The van der Waals surface area contributed by atoms with E-state index in [4.69, 9.17) is 4.74 Å². The van der Waals surface area contributed by atoms with Gasteiger partial charge in [0.1, 0.15) is 5.75 Å². The Balaban J connectivity index is 1.77. The number of rotatable bonds is 4. The largest absolute Gasteiger partial charge is 0.496 e. The van der Waals surface area contributed by atoms with Gasteiger partial charge in [-0.2, -0.15) is 0 Å². The zero-order valence-corrected chi connectivity index (χ0v) is 16.2. The van der Waals surface area contributed by atoms with E-state index in [1.807, 2.05) is 17.5 Å². The predicted octanol–water partition coefficient (Wildman–Crippen LogP) is 5.37. The molecular formula is C21H22N2O2S. The fourth-order valence-corrected chi connectivity index (χ4v) is 3.32. The summed E-state index contributed by atoms with van der Waals surface area (Å²) < 4.78 is 5.24. The fourth-order valence-electron chi connectivity index (χ4n) is 2.60. The smallest absolute Gasteiger partial charge is 0.261 e. The monoisotopic (exact) mass is 366 g/mol. The van der Waals surface area contributed by atoms with Crippen LogP contribution in [0.5, 0.6) is 5.75 Å². The molecule has 26 heavy (non-hydrogen) atoms. The molecule has 0 saturated heterocycles. The van der Waals surface area contributed by atoms with Gasteiger partial charge in [-0.15, -0.1) is 11.3 Å². The lowest BCUT2D eigenvalue weighted by Gasteiger charge is -2.18. The first-order valence-electron chi connectivity index (χ1n) is 8.39. The Morgan fingerprint density at radius 1 is 1.08 bits per heavy atom. The molecule has 0 spiro atoms. The van der Waals surface area contributed by atoms with Crippen molar-refractivity contribution in [1.82, 2.24) is 4.98 Å². The van der Waals surface area contributed by atoms with Crippen LogP contribution in [0.1, 0.15) is 36.7 Å². The molecule has 1 amide bonds. The molecule has 4 nitrogen and oxygen atoms in total. The molecule has 0 aliphatic carbocycles. The Morgan fingerprint density at radius 2 is 1.77 bits per heavy atom. The summed E-state index contributed by atoms with van der Waals surface area (Å²) in [6, 6.07) is 15.5. The molecule has 2 aromatic carbocycles. The molecule has 0 radical (unpaired) electrons. The lowest BCUT2D eigenvalue weighted by Crippen LogP contribution is -2.12. The van der Waals surface area contributed by atoms with Crippen LogP contribution in [-0.2, 0) is 5.41 Å². The molecular weight excluding hydrogens is 344 g/mol. The quantitative estimate of drug-likeness (QED) is 0.675. The van der Waals surface area contributed by atoms with Crippen LogP contribution in [0.25, 0.3) is 11.3 Å². The van der Waals surface area contributed by atoms with Gasteiger partial charge in [-0.3, -0.25) is 10.1 Å². The van der Waals surface area contributed by atoms with Gasteiger partial charge in [-0.1, -0.05) is 57.2 Å². The van der Waals surface area contributed by atoms with Crippen LogP contribution >= 0.6 is 11.3 Å². The van der Waals surface area contributed by atoms with Crippen LogP contribution in [0.2, 0.25) is 0 Å². The lowest BCUT2D eigenvalue weighted by atomic mass is 9.86. The second kappa shape index (κ2) is 7.30. The number of thiazole rings is 1. The number of hydrogen-bond donors (Lipinski definition) is 1. The minimum atomic E-state index is -0.230. The summed E-state index contributed by atoms with van der Waals surface area (Å²) in [6.45, 7) is 6.57. The molecule has 0 fully saturated rings. The second-order valence-electron chi connectivity index (χ2n) is 7.02. The van der Waals surface area contributed by atoms with E-state index in [2.05, 4.69) is 55.3 Å². The van der Waals surface area contributed by atoms with Gasteiger partial charge < -0.3 is 4.74 Å². The van der Waals surface area contributed by atoms with E-state index < -0.39 is 0 Å². The van der Waals surface area contributed by atoms with Crippen LogP contribution < -0.4 is 10.1 Å². The van der Waals surface area contributed by atoms with Crippen LogP contribution in [0.4, 0.5) is 5.13 Å². The highest BCUT2D eigenvalue weighted by molar-refractivity contribution is 7.14. The van der Waals surface area contributed by atoms with Crippen molar-refractivity contribution in [1.29, 1.82) is 0 Å². The van der Waals surface area contributed by atoms with E-state index in [0.717, 1.165) is 11.3 Å². The molecule has 3 aromatic rings. The number of ether oxygens (including phenoxy) is 1. The van der Waals surface area contributed by atoms with Crippen molar-refractivity contribution < 1.29 is 9.53 Å². The first-order valence-corrected chi connectivity index (χ1v) is 9.27. The Hall–Kier alpha value is -2.66. The van der Waals surface area contributed by atoms with Crippen molar-refractivity contribution in [3.63, 3.8) is 0 Å². The normalized spacial score (nSPS) is 11.2. The molecule has 0 aliphatic rings. The number of carbonyl (C=O) groups is 1. The summed E-state index contributed by atoms with van der Waals surface area (Å²) >= 11 is 1.41. The standard InChI is InChI=1S/C21H22N2O2S/c1-21(2,3)15-11-9-14(10-12-15)17-13-26-20(22-17)23-19(24)16-7-5-6-8-18(16)25-4/h5-13H,1-4H3,(H,22,23,24). The van der Waals surface area contributed by atoms with Crippen molar-refractivity contribution in [2.45, 2.75) is 26.2 Å². The zero-order valence-electron chi connectivity index (χ0n) is 15.4. The SMILES string of the molecule is COc1ccccc1C(=O)Nc1nc(-c2ccc(C(C)(C)C)cc2)cs1. The molecule has 5 heteroatoms. The maximum atomic E-state index is 12.5. The zero-order chi connectivity index (χ0) is 18.7. The minimum absolute atomic E-state index is 0.120. The highest BCUT2D eigenvalue weighted by atomic mass is 32.1. The van der Waals surface area contributed by atoms with E-state index in [-0.39, 0.29) is 11.3 Å². The number of nitrogens with zero attached hydrogens (tertiary/aromatic N) is 1. The van der Waals surface area contributed by atoms with E-state index in [1.165, 1.54) is 16.9 Å². The van der Waals surface area contributed by atoms with E-state index in [1.54, 1.807) is 19.2 Å². The van der Waals surface area contributed by atoms with Crippen molar-refractivity contribution in [3.05, 3.63) is 65.0 Å². The summed E-state index contributed by atoms with van der Waals surface area (Å²) in [5.41, 5.74) is 3.77. The Morgan fingerprint density at radius 3 is 2.42 bits per heavy atom. The number of anilines is 1. The number of benzene rings is 2. The summed E-state index contributed by atoms with van der Waals surface area (Å²) in [5.74, 6) is 0.311. The van der Waals surface area contributed by atoms with Crippen LogP contribution in [-0.4, -0.2) is 18.0 Å². The Bertz CT molecular complexity index is 908. The molecule has 0 unspecified atom stereocenters. The number of nitrogens with one attached hydrogen (secondary N) is 1. The number of para-hydroxylation sites is 1. The highest BCUT2D eigenvalue weighted by Gasteiger charge is 2.15. The van der Waals surface area contributed by atoms with Gasteiger partial charge in [-0.05, 0) is 23.1 Å². The molecule has 0 aliphatic heterocycles. The first kappa shape index (κ1) is 18.1. The topological polar surface area (TPSA) is 51.2 Å². The third-order valence-electron chi connectivity index (χ3n) is 4.12. The fraction of sp³-hybridized carbons (Fsp3) is 0.238. The molecule has 134 valence electrons. The molecule has 1 heterocycles. The van der Waals surface area contributed by atoms with Crippen LogP contribution in [0, 0.1) is 0 Å². The van der Waals surface area contributed by atoms with E-state index in [9.17, 15) is 4.79 Å². The summed E-state index contributed by atoms with van der Waals surface area (Å²) in [5, 5.41) is 5.36.